The third-order valence-corrected chi connectivity index (χ3v) is 6.13. The highest BCUT2D eigenvalue weighted by atomic mass is 32.2. The maximum Gasteiger partial charge on any atom is 0.223 e. The minimum atomic E-state index is -3.15. The van der Waals surface area contributed by atoms with E-state index in [-0.39, 0.29) is 11.8 Å². The number of nitrogens with zero attached hydrogens (tertiary/aromatic N) is 2. The van der Waals surface area contributed by atoms with E-state index in [4.69, 9.17) is 0 Å². The Kier molecular flexibility index (Phi) is 6.84. The Morgan fingerprint density at radius 3 is 2.20 bits per heavy atom. The molecule has 0 aromatic heterocycles. The number of carbonyl (C=O) groups is 1. The molecule has 25 heavy (non-hydrogen) atoms. The molecule has 1 amide bonds. The lowest BCUT2D eigenvalue weighted by molar-refractivity contribution is -0.126. The van der Waals surface area contributed by atoms with Crippen LogP contribution in [0, 0.1) is 5.92 Å². The van der Waals surface area contributed by atoms with E-state index in [1.165, 1.54) is 16.2 Å². The van der Waals surface area contributed by atoms with Gasteiger partial charge in [-0.3, -0.25) is 4.79 Å². The van der Waals surface area contributed by atoms with E-state index in [0.717, 1.165) is 18.7 Å². The first-order valence-corrected chi connectivity index (χ1v) is 10.8. The Labute approximate surface area is 151 Å². The van der Waals surface area contributed by atoms with E-state index in [1.54, 1.807) is 0 Å². The lowest BCUT2D eigenvalue weighted by Gasteiger charge is -2.29. The minimum absolute atomic E-state index is 0.0148. The molecule has 1 heterocycles. The van der Waals surface area contributed by atoms with Crippen LogP contribution < -0.4 is 10.2 Å². The van der Waals surface area contributed by atoms with Crippen molar-refractivity contribution in [2.24, 2.45) is 5.92 Å². The molecule has 1 aliphatic heterocycles. The average molecular weight is 368 g/mol. The summed E-state index contributed by atoms with van der Waals surface area (Å²) in [6.45, 7) is 7.56. The highest BCUT2D eigenvalue weighted by Gasteiger charge is 2.28. The first-order valence-electron chi connectivity index (χ1n) is 8.91. The molecule has 0 atom stereocenters. The Morgan fingerprint density at radius 1 is 1.16 bits per heavy atom. The molecule has 0 bridgehead atoms. The molecule has 7 heteroatoms. The van der Waals surface area contributed by atoms with Gasteiger partial charge in [0.1, 0.15) is 0 Å². The van der Waals surface area contributed by atoms with Crippen LogP contribution in [0.5, 0.6) is 0 Å². The summed E-state index contributed by atoms with van der Waals surface area (Å²) in [5.41, 5.74) is 2.26. The van der Waals surface area contributed by atoms with Crippen LogP contribution in [0.1, 0.15) is 32.3 Å². The molecule has 0 spiro atoms. The van der Waals surface area contributed by atoms with Crippen LogP contribution >= 0.6 is 0 Å². The van der Waals surface area contributed by atoms with Gasteiger partial charge in [-0.05, 0) is 44.4 Å². The quantitative estimate of drug-likeness (QED) is 0.798. The van der Waals surface area contributed by atoms with Crippen LogP contribution in [0.4, 0.5) is 5.69 Å². The summed E-state index contributed by atoms with van der Waals surface area (Å²) in [7, 11) is -3.15. The molecule has 1 N–H and O–H groups in total. The summed E-state index contributed by atoms with van der Waals surface area (Å²) in [5.74, 6) is -0.0890. The van der Waals surface area contributed by atoms with Crippen LogP contribution in [0.3, 0.4) is 0 Å². The third kappa shape index (κ3) is 5.44. The zero-order valence-corrected chi connectivity index (χ0v) is 16.2. The van der Waals surface area contributed by atoms with E-state index >= 15 is 0 Å². The molecular formula is C18H29N3O3S. The van der Waals surface area contributed by atoms with Gasteiger partial charge in [0.2, 0.25) is 15.9 Å². The second kappa shape index (κ2) is 8.67. The summed E-state index contributed by atoms with van der Waals surface area (Å²) < 4.78 is 24.5. The first kappa shape index (κ1) is 19.7. The maximum atomic E-state index is 12.3. The largest absolute Gasteiger partial charge is 0.372 e. The van der Waals surface area contributed by atoms with Crippen molar-refractivity contribution in [1.29, 1.82) is 0 Å². The Hall–Kier alpha value is -1.60. The number of nitrogens with one attached hydrogen (secondary N) is 1. The van der Waals surface area contributed by atoms with Crippen molar-refractivity contribution in [2.75, 3.05) is 37.3 Å². The highest BCUT2D eigenvalue weighted by molar-refractivity contribution is 7.88. The summed E-state index contributed by atoms with van der Waals surface area (Å²) in [5, 5.41) is 2.98. The first-order chi connectivity index (χ1) is 11.8. The van der Waals surface area contributed by atoms with Crippen molar-refractivity contribution in [3.05, 3.63) is 29.8 Å². The zero-order chi connectivity index (χ0) is 18.4. The van der Waals surface area contributed by atoms with Crippen LogP contribution in [0.2, 0.25) is 0 Å². The van der Waals surface area contributed by atoms with Crippen molar-refractivity contribution in [2.45, 2.75) is 33.2 Å². The number of rotatable bonds is 7. The molecule has 2 rings (SSSR count). The van der Waals surface area contributed by atoms with Crippen molar-refractivity contribution in [3.8, 4) is 0 Å². The van der Waals surface area contributed by atoms with Gasteiger partial charge < -0.3 is 10.2 Å². The Balaban J connectivity index is 1.82. The second-order valence-corrected chi connectivity index (χ2v) is 8.48. The zero-order valence-electron chi connectivity index (χ0n) is 15.4. The molecule has 1 saturated heterocycles. The topological polar surface area (TPSA) is 69.7 Å². The van der Waals surface area contributed by atoms with Crippen molar-refractivity contribution in [3.63, 3.8) is 0 Å². The molecule has 1 aromatic rings. The predicted octanol–water partition coefficient (Wildman–Crippen LogP) is 1.82. The molecule has 0 unspecified atom stereocenters. The summed E-state index contributed by atoms with van der Waals surface area (Å²) in [6.07, 6.45) is 2.38. The number of hydrogen-bond acceptors (Lipinski definition) is 4. The van der Waals surface area contributed by atoms with Gasteiger partial charge in [-0.15, -0.1) is 0 Å². The number of benzene rings is 1. The van der Waals surface area contributed by atoms with Crippen LogP contribution in [-0.2, 0) is 21.4 Å². The van der Waals surface area contributed by atoms with Gasteiger partial charge in [-0.2, -0.15) is 0 Å². The standard InChI is InChI=1S/C18H29N3O3S/c1-4-20(5-2)17-8-6-15(7-9-17)14-19-18(22)16-10-12-21(13-11-16)25(3,23)24/h6-9,16H,4-5,10-14H2,1-3H3,(H,19,22). The van der Waals surface area contributed by atoms with Crippen LogP contribution in [-0.4, -0.2) is 51.1 Å². The lowest BCUT2D eigenvalue weighted by atomic mass is 9.97. The minimum Gasteiger partial charge on any atom is -0.372 e. The van der Waals surface area contributed by atoms with Crippen molar-refractivity contribution < 1.29 is 13.2 Å². The molecule has 1 aromatic carbocycles. The Morgan fingerprint density at radius 2 is 1.72 bits per heavy atom. The second-order valence-electron chi connectivity index (χ2n) is 6.49. The number of amides is 1. The highest BCUT2D eigenvalue weighted by Crippen LogP contribution is 2.20. The number of hydrogen-bond donors (Lipinski definition) is 1. The number of anilines is 1. The van der Waals surface area contributed by atoms with Gasteiger partial charge in [-0.1, -0.05) is 12.1 Å². The average Bonchev–Trinajstić information content (AvgIpc) is 2.61. The fraction of sp³-hybridized carbons (Fsp3) is 0.611. The molecule has 1 fully saturated rings. The number of carbonyl (C=O) groups excluding carboxylic acids is 1. The predicted molar refractivity (Wildman–Crippen MR) is 101 cm³/mol. The Bertz CT molecular complexity index is 661. The summed E-state index contributed by atoms with van der Waals surface area (Å²) in [4.78, 5) is 14.6. The SMILES string of the molecule is CCN(CC)c1ccc(CNC(=O)C2CCN(S(C)(=O)=O)CC2)cc1. The van der Waals surface area contributed by atoms with Gasteiger partial charge >= 0.3 is 0 Å². The molecular weight excluding hydrogens is 338 g/mol. The molecule has 1 aliphatic rings. The monoisotopic (exact) mass is 367 g/mol. The fourth-order valence-corrected chi connectivity index (χ4v) is 4.07. The normalized spacial score (nSPS) is 16.6. The maximum absolute atomic E-state index is 12.3. The van der Waals surface area contributed by atoms with Crippen molar-refractivity contribution >= 4 is 21.6 Å². The van der Waals surface area contributed by atoms with Gasteiger partial charge in [0.05, 0.1) is 6.26 Å². The molecule has 6 nitrogen and oxygen atoms in total. The van der Waals surface area contributed by atoms with Gasteiger partial charge in [0, 0.05) is 44.3 Å². The van der Waals surface area contributed by atoms with E-state index < -0.39 is 10.0 Å². The molecule has 140 valence electrons. The molecule has 0 saturated carbocycles. The van der Waals surface area contributed by atoms with E-state index in [0.29, 0.717) is 32.5 Å². The van der Waals surface area contributed by atoms with Gasteiger partial charge in [-0.25, -0.2) is 12.7 Å². The van der Waals surface area contributed by atoms with Crippen LogP contribution in [0.25, 0.3) is 0 Å². The lowest BCUT2D eigenvalue weighted by Crippen LogP contribution is -2.42. The van der Waals surface area contributed by atoms with Crippen LogP contribution in [0.15, 0.2) is 24.3 Å². The number of sulfonamides is 1. The molecule has 0 radical (unpaired) electrons. The smallest absolute Gasteiger partial charge is 0.223 e. The molecule has 0 aliphatic carbocycles. The summed E-state index contributed by atoms with van der Waals surface area (Å²) in [6, 6.07) is 8.25. The van der Waals surface area contributed by atoms with Gasteiger partial charge in [0.15, 0.2) is 0 Å². The number of piperidine rings is 1. The van der Waals surface area contributed by atoms with E-state index in [2.05, 4.69) is 36.2 Å². The fourth-order valence-electron chi connectivity index (χ4n) is 3.20. The van der Waals surface area contributed by atoms with Crippen molar-refractivity contribution in [1.82, 2.24) is 9.62 Å². The summed E-state index contributed by atoms with van der Waals surface area (Å²) >= 11 is 0. The third-order valence-electron chi connectivity index (χ3n) is 4.83. The van der Waals surface area contributed by atoms with Gasteiger partial charge in [0.25, 0.3) is 0 Å². The van der Waals surface area contributed by atoms with E-state index in [1.807, 2.05) is 12.1 Å². The van der Waals surface area contributed by atoms with E-state index in [9.17, 15) is 13.2 Å².